The summed E-state index contributed by atoms with van der Waals surface area (Å²) in [6, 6.07) is 13.3. The van der Waals surface area contributed by atoms with Crippen LogP contribution in [0.15, 0.2) is 48.8 Å². The van der Waals surface area contributed by atoms with Gasteiger partial charge in [0.05, 0.1) is 36.6 Å². The summed E-state index contributed by atoms with van der Waals surface area (Å²) in [5, 5.41) is 9.53. The van der Waals surface area contributed by atoms with Crippen molar-refractivity contribution in [2.24, 2.45) is 0 Å². The number of benzene rings is 2. The maximum Gasteiger partial charge on any atom is 0.121 e. The van der Waals surface area contributed by atoms with Gasteiger partial charge in [-0.25, -0.2) is 0 Å². The van der Waals surface area contributed by atoms with E-state index in [1.165, 1.54) is 11.1 Å². The van der Waals surface area contributed by atoms with E-state index in [0.717, 1.165) is 83.9 Å². The first-order chi connectivity index (χ1) is 19.4. The Bertz CT molecular complexity index is 1360. The predicted molar refractivity (Wildman–Crippen MR) is 165 cm³/mol. The highest BCUT2D eigenvalue weighted by Crippen LogP contribution is 2.31. The van der Waals surface area contributed by atoms with Crippen LogP contribution in [0.3, 0.4) is 0 Å². The number of nitrogens with one attached hydrogen (secondary N) is 2. The molecule has 8 nitrogen and oxygen atoms in total. The molecule has 0 bridgehead atoms. The number of aromatic nitrogens is 2. The van der Waals surface area contributed by atoms with Crippen molar-refractivity contribution in [3.05, 3.63) is 59.9 Å². The average molecular weight is 543 g/mol. The molecule has 0 aliphatic carbocycles. The normalized spacial score (nSPS) is 18.2. The topological polar surface area (TPSA) is 74.8 Å². The number of nitrogens with zero attached hydrogens (tertiary/aromatic N) is 4. The molecule has 2 unspecified atom stereocenters. The Kier molecular flexibility index (Phi) is 8.57. The van der Waals surface area contributed by atoms with Gasteiger partial charge in [0.2, 0.25) is 0 Å². The Morgan fingerprint density at radius 3 is 1.55 bits per heavy atom. The van der Waals surface area contributed by atoms with E-state index in [9.17, 15) is 0 Å². The first-order valence-electron chi connectivity index (χ1n) is 14.2. The van der Waals surface area contributed by atoms with Crippen LogP contribution in [-0.4, -0.2) is 85.3 Å². The lowest BCUT2D eigenvalue weighted by molar-refractivity contribution is 0.0482. The molecule has 2 N–H and O–H groups in total. The summed E-state index contributed by atoms with van der Waals surface area (Å²) >= 11 is 0. The summed E-state index contributed by atoms with van der Waals surface area (Å²) in [7, 11) is 3.43. The molecule has 5 rings (SSSR count). The fraction of sp³-hybridized carbons (Fsp3) is 0.438. The number of piperazine rings is 1. The van der Waals surface area contributed by atoms with Gasteiger partial charge in [-0.3, -0.25) is 19.8 Å². The number of fused-ring (bicyclic) bond motifs is 2. The van der Waals surface area contributed by atoms with Crippen LogP contribution in [0, 0.1) is 13.8 Å². The lowest BCUT2D eigenvalue weighted by Crippen LogP contribution is -2.57. The second-order valence-electron chi connectivity index (χ2n) is 10.9. The number of ether oxygens (including phenoxy) is 2. The van der Waals surface area contributed by atoms with Gasteiger partial charge in [-0.2, -0.15) is 0 Å². The van der Waals surface area contributed by atoms with Crippen molar-refractivity contribution in [2.45, 2.75) is 39.8 Å². The SMILES string of the molecule is COc1cc(NCCN2CC(C)N(CCNc3cc(OC)cc4c(C)ccnc34)CC2C)c2nccc(C)c2c1. The van der Waals surface area contributed by atoms with Gasteiger partial charge in [0, 0.05) is 86.7 Å². The minimum atomic E-state index is 0.474. The van der Waals surface area contributed by atoms with Crippen LogP contribution >= 0.6 is 0 Å². The largest absolute Gasteiger partial charge is 0.497 e. The lowest BCUT2D eigenvalue weighted by Gasteiger charge is -2.44. The molecule has 4 aromatic rings. The zero-order valence-corrected chi connectivity index (χ0v) is 24.6. The van der Waals surface area contributed by atoms with E-state index >= 15 is 0 Å². The third-order valence-electron chi connectivity index (χ3n) is 8.22. The highest BCUT2D eigenvalue weighted by molar-refractivity contribution is 5.94. The molecular formula is C32H42N6O2. The molecular weight excluding hydrogens is 500 g/mol. The second kappa shape index (κ2) is 12.3. The van der Waals surface area contributed by atoms with Gasteiger partial charge in [0.1, 0.15) is 11.5 Å². The number of pyridine rings is 2. The van der Waals surface area contributed by atoms with Crippen LogP contribution in [0.25, 0.3) is 21.8 Å². The molecule has 0 amide bonds. The van der Waals surface area contributed by atoms with E-state index < -0.39 is 0 Å². The summed E-state index contributed by atoms with van der Waals surface area (Å²) in [4.78, 5) is 14.5. The van der Waals surface area contributed by atoms with Crippen molar-refractivity contribution in [3.8, 4) is 11.5 Å². The standard InChI is InChI=1S/C32H42N6O2/c1-21-7-9-35-31-27(21)15-25(39-5)17-29(31)33-11-13-37-19-24(4)38(20-23(37)3)14-12-34-30-18-26(40-6)16-28-22(2)8-10-36-32(28)30/h7-10,15-18,23-24,33-34H,11-14,19-20H2,1-6H3. The number of rotatable bonds is 10. The van der Waals surface area contributed by atoms with Gasteiger partial charge in [-0.1, -0.05) is 0 Å². The summed E-state index contributed by atoms with van der Waals surface area (Å²) in [5.41, 5.74) is 6.44. The van der Waals surface area contributed by atoms with Crippen LogP contribution in [0.1, 0.15) is 25.0 Å². The third-order valence-corrected chi connectivity index (χ3v) is 8.22. The molecule has 0 spiro atoms. The van der Waals surface area contributed by atoms with E-state index in [0.29, 0.717) is 12.1 Å². The molecule has 1 fully saturated rings. The van der Waals surface area contributed by atoms with E-state index in [4.69, 9.17) is 9.47 Å². The molecule has 8 heteroatoms. The second-order valence-corrected chi connectivity index (χ2v) is 10.9. The zero-order valence-electron chi connectivity index (χ0n) is 24.6. The quantitative estimate of drug-likeness (QED) is 0.278. The van der Waals surface area contributed by atoms with E-state index in [-0.39, 0.29) is 0 Å². The minimum Gasteiger partial charge on any atom is -0.497 e. The van der Waals surface area contributed by atoms with Gasteiger partial charge in [0.15, 0.2) is 0 Å². The molecule has 2 aromatic carbocycles. The van der Waals surface area contributed by atoms with Crippen molar-refractivity contribution >= 4 is 33.2 Å². The van der Waals surface area contributed by atoms with Crippen LogP contribution in [0.2, 0.25) is 0 Å². The smallest absolute Gasteiger partial charge is 0.121 e. The summed E-state index contributed by atoms with van der Waals surface area (Å²) < 4.78 is 11.1. The molecule has 0 saturated carbocycles. The Labute approximate surface area is 237 Å². The average Bonchev–Trinajstić information content (AvgIpc) is 2.95. The maximum atomic E-state index is 5.56. The number of methoxy groups -OCH3 is 2. The Morgan fingerprint density at radius 2 is 1.15 bits per heavy atom. The monoisotopic (exact) mass is 542 g/mol. The van der Waals surface area contributed by atoms with Crippen molar-refractivity contribution in [3.63, 3.8) is 0 Å². The van der Waals surface area contributed by atoms with Gasteiger partial charge >= 0.3 is 0 Å². The molecule has 2 atom stereocenters. The number of hydrogen-bond acceptors (Lipinski definition) is 8. The number of hydrogen-bond donors (Lipinski definition) is 2. The highest BCUT2D eigenvalue weighted by Gasteiger charge is 2.28. The Morgan fingerprint density at radius 1 is 0.725 bits per heavy atom. The molecule has 0 radical (unpaired) electrons. The van der Waals surface area contributed by atoms with E-state index in [1.54, 1.807) is 14.2 Å². The summed E-state index contributed by atoms with van der Waals surface area (Å²) in [6.07, 6.45) is 3.75. The van der Waals surface area contributed by atoms with Gasteiger partial charge in [-0.15, -0.1) is 0 Å². The van der Waals surface area contributed by atoms with Crippen molar-refractivity contribution in [1.82, 2.24) is 19.8 Å². The van der Waals surface area contributed by atoms with Gasteiger partial charge in [0.25, 0.3) is 0 Å². The first-order valence-corrected chi connectivity index (χ1v) is 14.2. The van der Waals surface area contributed by atoms with Gasteiger partial charge < -0.3 is 20.1 Å². The van der Waals surface area contributed by atoms with Crippen molar-refractivity contribution in [1.29, 1.82) is 0 Å². The molecule has 1 aliphatic heterocycles. The predicted octanol–water partition coefficient (Wildman–Crippen LogP) is 5.34. The lowest BCUT2D eigenvalue weighted by atomic mass is 10.1. The van der Waals surface area contributed by atoms with Crippen LogP contribution < -0.4 is 20.1 Å². The van der Waals surface area contributed by atoms with Crippen LogP contribution in [0.4, 0.5) is 11.4 Å². The maximum absolute atomic E-state index is 5.56. The summed E-state index contributed by atoms with van der Waals surface area (Å²) in [6.45, 7) is 14.6. The summed E-state index contributed by atoms with van der Waals surface area (Å²) in [5.74, 6) is 1.70. The minimum absolute atomic E-state index is 0.474. The van der Waals surface area contributed by atoms with Crippen LogP contribution in [0.5, 0.6) is 11.5 Å². The molecule has 1 saturated heterocycles. The zero-order chi connectivity index (χ0) is 28.2. The number of anilines is 2. The fourth-order valence-electron chi connectivity index (χ4n) is 5.79. The molecule has 40 heavy (non-hydrogen) atoms. The Hall–Kier alpha value is -3.62. The fourth-order valence-corrected chi connectivity index (χ4v) is 5.79. The Balaban J connectivity index is 1.16. The molecule has 212 valence electrons. The van der Waals surface area contributed by atoms with E-state index in [1.807, 2.05) is 36.7 Å². The van der Waals surface area contributed by atoms with E-state index in [2.05, 4.69) is 70.2 Å². The number of aryl methyl sites for hydroxylation is 2. The molecule has 3 heterocycles. The third kappa shape index (κ3) is 5.93. The van der Waals surface area contributed by atoms with Gasteiger partial charge in [-0.05, 0) is 63.1 Å². The van der Waals surface area contributed by atoms with Crippen molar-refractivity contribution < 1.29 is 9.47 Å². The molecule has 2 aromatic heterocycles. The molecule has 1 aliphatic rings. The first kappa shape index (κ1) is 27.9. The highest BCUT2D eigenvalue weighted by atomic mass is 16.5. The van der Waals surface area contributed by atoms with Crippen LogP contribution in [-0.2, 0) is 0 Å². The van der Waals surface area contributed by atoms with Crippen molar-refractivity contribution in [2.75, 3.05) is 64.1 Å².